The van der Waals surface area contributed by atoms with E-state index in [9.17, 15) is 4.79 Å². The second-order valence-electron chi connectivity index (χ2n) is 6.75. The molecule has 0 saturated carbocycles. The van der Waals surface area contributed by atoms with Gasteiger partial charge in [-0.15, -0.1) is 0 Å². The van der Waals surface area contributed by atoms with E-state index in [1.165, 1.54) is 0 Å². The van der Waals surface area contributed by atoms with Gasteiger partial charge in [0.25, 0.3) is 0 Å². The SMILES string of the molecule is CC(C)(C)OC(=O)N1CCN([C@]2(C)CCOC2)CC1. The lowest BCUT2D eigenvalue weighted by molar-refractivity contribution is -0.00246. The third-order valence-corrected chi connectivity index (χ3v) is 3.89. The monoisotopic (exact) mass is 270 g/mol. The van der Waals surface area contributed by atoms with Gasteiger partial charge in [-0.3, -0.25) is 4.90 Å². The molecule has 0 spiro atoms. The van der Waals surface area contributed by atoms with Gasteiger partial charge >= 0.3 is 6.09 Å². The molecule has 0 aromatic heterocycles. The zero-order valence-corrected chi connectivity index (χ0v) is 12.6. The maximum atomic E-state index is 12.0. The van der Waals surface area contributed by atoms with Crippen molar-refractivity contribution in [1.29, 1.82) is 0 Å². The molecule has 0 bridgehead atoms. The fourth-order valence-electron chi connectivity index (χ4n) is 2.66. The first-order chi connectivity index (χ1) is 8.80. The van der Waals surface area contributed by atoms with E-state index < -0.39 is 5.60 Å². The molecule has 1 amide bonds. The van der Waals surface area contributed by atoms with Crippen LogP contribution in [-0.2, 0) is 9.47 Å². The fraction of sp³-hybridized carbons (Fsp3) is 0.929. The minimum Gasteiger partial charge on any atom is -0.444 e. The Bertz CT molecular complexity index is 324. The summed E-state index contributed by atoms with van der Waals surface area (Å²) in [5, 5.41) is 0. The van der Waals surface area contributed by atoms with Crippen LogP contribution in [-0.4, -0.2) is 66.4 Å². The molecule has 0 aromatic carbocycles. The van der Waals surface area contributed by atoms with Gasteiger partial charge in [0.1, 0.15) is 5.60 Å². The summed E-state index contributed by atoms with van der Waals surface area (Å²) in [6.45, 7) is 12.9. The number of amides is 1. The molecule has 110 valence electrons. The zero-order chi connectivity index (χ0) is 14.1. The number of hydrogen-bond acceptors (Lipinski definition) is 4. The molecular formula is C14H26N2O3. The Morgan fingerprint density at radius 2 is 1.84 bits per heavy atom. The summed E-state index contributed by atoms with van der Waals surface area (Å²) in [4.78, 5) is 16.2. The molecule has 19 heavy (non-hydrogen) atoms. The van der Waals surface area contributed by atoms with Gasteiger partial charge in [-0.2, -0.15) is 0 Å². The van der Waals surface area contributed by atoms with Crippen molar-refractivity contribution in [3.63, 3.8) is 0 Å². The number of nitrogens with zero attached hydrogens (tertiary/aromatic N) is 2. The highest BCUT2D eigenvalue weighted by molar-refractivity contribution is 5.68. The predicted octanol–water partition coefficient (Wildman–Crippen LogP) is 1.72. The highest BCUT2D eigenvalue weighted by Gasteiger charge is 2.38. The van der Waals surface area contributed by atoms with Gasteiger partial charge in [0.05, 0.1) is 6.61 Å². The van der Waals surface area contributed by atoms with Crippen LogP contribution in [0.15, 0.2) is 0 Å². The van der Waals surface area contributed by atoms with Crippen molar-refractivity contribution < 1.29 is 14.3 Å². The normalized spacial score (nSPS) is 29.6. The number of piperazine rings is 1. The van der Waals surface area contributed by atoms with Crippen LogP contribution in [0.25, 0.3) is 0 Å². The van der Waals surface area contributed by atoms with Gasteiger partial charge in [0.15, 0.2) is 0 Å². The molecule has 0 aromatic rings. The van der Waals surface area contributed by atoms with Gasteiger partial charge in [-0.25, -0.2) is 4.79 Å². The summed E-state index contributed by atoms with van der Waals surface area (Å²) >= 11 is 0. The molecule has 2 fully saturated rings. The van der Waals surface area contributed by atoms with E-state index in [1.54, 1.807) is 4.90 Å². The van der Waals surface area contributed by atoms with Crippen molar-refractivity contribution in [1.82, 2.24) is 9.80 Å². The van der Waals surface area contributed by atoms with Crippen LogP contribution in [0.3, 0.4) is 0 Å². The largest absolute Gasteiger partial charge is 0.444 e. The van der Waals surface area contributed by atoms with E-state index in [0.717, 1.165) is 45.8 Å². The molecule has 2 rings (SSSR count). The maximum Gasteiger partial charge on any atom is 0.410 e. The Hall–Kier alpha value is -0.810. The lowest BCUT2D eigenvalue weighted by atomic mass is 9.98. The molecule has 2 heterocycles. The summed E-state index contributed by atoms with van der Waals surface area (Å²) in [5.41, 5.74) is -0.264. The Balaban J connectivity index is 1.84. The molecule has 0 unspecified atom stereocenters. The number of rotatable bonds is 1. The summed E-state index contributed by atoms with van der Waals surface area (Å²) in [5.74, 6) is 0. The Labute approximate surface area is 115 Å². The van der Waals surface area contributed by atoms with Crippen LogP contribution in [0, 0.1) is 0 Å². The second kappa shape index (κ2) is 5.29. The summed E-state index contributed by atoms with van der Waals surface area (Å²) < 4.78 is 10.9. The number of carbonyl (C=O) groups excluding carboxylic acids is 1. The lowest BCUT2D eigenvalue weighted by Crippen LogP contribution is -2.57. The molecule has 5 nitrogen and oxygen atoms in total. The molecule has 0 radical (unpaired) electrons. The first kappa shape index (κ1) is 14.6. The maximum absolute atomic E-state index is 12.0. The summed E-state index contributed by atoms with van der Waals surface area (Å²) in [6, 6.07) is 0. The molecule has 2 saturated heterocycles. The van der Waals surface area contributed by atoms with Crippen LogP contribution in [0.2, 0.25) is 0 Å². The number of ether oxygens (including phenoxy) is 2. The van der Waals surface area contributed by atoms with E-state index in [0.29, 0.717) is 0 Å². The van der Waals surface area contributed by atoms with E-state index in [-0.39, 0.29) is 11.6 Å². The Morgan fingerprint density at radius 3 is 2.32 bits per heavy atom. The lowest BCUT2D eigenvalue weighted by Gasteiger charge is -2.43. The Morgan fingerprint density at radius 1 is 1.21 bits per heavy atom. The molecule has 2 aliphatic heterocycles. The van der Waals surface area contributed by atoms with Crippen molar-refractivity contribution in [2.75, 3.05) is 39.4 Å². The summed E-state index contributed by atoms with van der Waals surface area (Å²) in [7, 11) is 0. The van der Waals surface area contributed by atoms with Crippen LogP contribution in [0.1, 0.15) is 34.1 Å². The quantitative estimate of drug-likeness (QED) is 0.727. The zero-order valence-electron chi connectivity index (χ0n) is 12.6. The minimum atomic E-state index is -0.417. The van der Waals surface area contributed by atoms with E-state index in [1.807, 2.05) is 20.8 Å². The minimum absolute atomic E-state index is 0.153. The molecular weight excluding hydrogens is 244 g/mol. The van der Waals surface area contributed by atoms with Crippen LogP contribution < -0.4 is 0 Å². The first-order valence-electron chi connectivity index (χ1n) is 7.11. The molecule has 0 N–H and O–H groups in total. The van der Waals surface area contributed by atoms with Crippen molar-refractivity contribution in [2.24, 2.45) is 0 Å². The van der Waals surface area contributed by atoms with Crippen molar-refractivity contribution in [3.8, 4) is 0 Å². The van der Waals surface area contributed by atoms with Gasteiger partial charge in [-0.1, -0.05) is 0 Å². The van der Waals surface area contributed by atoms with Crippen molar-refractivity contribution in [2.45, 2.75) is 45.3 Å². The summed E-state index contributed by atoms with van der Waals surface area (Å²) in [6.07, 6.45) is 0.888. The molecule has 0 aliphatic carbocycles. The van der Waals surface area contributed by atoms with E-state index in [2.05, 4.69) is 11.8 Å². The topological polar surface area (TPSA) is 42.0 Å². The smallest absolute Gasteiger partial charge is 0.410 e. The van der Waals surface area contributed by atoms with Gasteiger partial charge < -0.3 is 14.4 Å². The molecule has 2 aliphatic rings. The third kappa shape index (κ3) is 3.60. The molecule has 5 heteroatoms. The van der Waals surface area contributed by atoms with Gasteiger partial charge in [-0.05, 0) is 34.1 Å². The third-order valence-electron chi connectivity index (χ3n) is 3.89. The standard InChI is InChI=1S/C14H26N2O3/c1-13(2,3)19-12(17)15-6-8-16(9-7-15)14(4)5-10-18-11-14/h5-11H2,1-4H3/t14-/m1/s1. The fourth-order valence-corrected chi connectivity index (χ4v) is 2.66. The van der Waals surface area contributed by atoms with Crippen LogP contribution in [0.5, 0.6) is 0 Å². The molecule has 1 atom stereocenters. The van der Waals surface area contributed by atoms with Gasteiger partial charge in [0, 0.05) is 38.3 Å². The predicted molar refractivity (Wildman–Crippen MR) is 73.2 cm³/mol. The van der Waals surface area contributed by atoms with Crippen LogP contribution in [0.4, 0.5) is 4.79 Å². The Kier molecular flexibility index (Phi) is 4.06. The number of carbonyl (C=O) groups is 1. The van der Waals surface area contributed by atoms with Crippen molar-refractivity contribution >= 4 is 6.09 Å². The van der Waals surface area contributed by atoms with Gasteiger partial charge in [0.2, 0.25) is 0 Å². The van der Waals surface area contributed by atoms with Crippen molar-refractivity contribution in [3.05, 3.63) is 0 Å². The highest BCUT2D eigenvalue weighted by atomic mass is 16.6. The average molecular weight is 270 g/mol. The number of hydrogen-bond donors (Lipinski definition) is 0. The van der Waals surface area contributed by atoms with Crippen LogP contribution >= 0.6 is 0 Å². The first-order valence-corrected chi connectivity index (χ1v) is 7.11. The highest BCUT2D eigenvalue weighted by Crippen LogP contribution is 2.26. The van der Waals surface area contributed by atoms with E-state index >= 15 is 0 Å². The van der Waals surface area contributed by atoms with E-state index in [4.69, 9.17) is 9.47 Å². The second-order valence-corrected chi connectivity index (χ2v) is 6.75. The average Bonchev–Trinajstić information content (AvgIpc) is 2.75.